The number of ether oxygens (including phenoxy) is 2. The van der Waals surface area contributed by atoms with E-state index in [1.54, 1.807) is 22.2 Å². The van der Waals surface area contributed by atoms with Crippen molar-refractivity contribution in [1.82, 2.24) is 40.5 Å². The molecule has 0 spiro atoms. The second-order valence-corrected chi connectivity index (χ2v) is 17.0. The van der Waals surface area contributed by atoms with Crippen LogP contribution in [0, 0.1) is 5.92 Å². The Kier molecular flexibility index (Phi) is 13.2. The summed E-state index contributed by atoms with van der Waals surface area (Å²) in [5, 5.41) is 13.5. The van der Waals surface area contributed by atoms with Crippen molar-refractivity contribution in [1.29, 1.82) is 0 Å². The van der Waals surface area contributed by atoms with E-state index in [4.69, 9.17) is 34.3 Å². The van der Waals surface area contributed by atoms with E-state index in [2.05, 4.69) is 38.8 Å². The number of para-hydroxylation sites is 1. The van der Waals surface area contributed by atoms with E-state index in [9.17, 15) is 32.3 Å². The summed E-state index contributed by atoms with van der Waals surface area (Å²) in [4.78, 5) is 85.6. The van der Waals surface area contributed by atoms with Crippen molar-refractivity contribution >= 4 is 46.6 Å². The zero-order valence-electron chi connectivity index (χ0n) is 37.4. The lowest BCUT2D eigenvalue weighted by molar-refractivity contribution is -0.192. The fourth-order valence-electron chi connectivity index (χ4n) is 8.96. The van der Waals surface area contributed by atoms with Crippen LogP contribution in [0.25, 0.3) is 44.7 Å². The molecular formula is C48H48F3N9O8. The number of imidazole rings is 2. The van der Waals surface area contributed by atoms with Gasteiger partial charge in [0, 0.05) is 29.5 Å². The number of anilines is 1. The maximum absolute atomic E-state index is 13.9. The molecule has 3 aliphatic heterocycles. The van der Waals surface area contributed by atoms with Gasteiger partial charge < -0.3 is 40.1 Å². The Morgan fingerprint density at radius 1 is 0.824 bits per heavy atom. The van der Waals surface area contributed by atoms with Gasteiger partial charge in [0.15, 0.2) is 0 Å². The van der Waals surface area contributed by atoms with Crippen LogP contribution in [0.15, 0.2) is 85.2 Å². The molecule has 4 atom stereocenters. The highest BCUT2D eigenvalue weighted by Gasteiger charge is 2.43. The fraction of sp³-hybridized carbons (Fsp3) is 0.333. The summed E-state index contributed by atoms with van der Waals surface area (Å²) < 4.78 is 41.3. The number of aryl methyl sites for hydroxylation is 1. The molecule has 3 aliphatic rings. The number of fused-ring (bicyclic) bond motifs is 1. The Morgan fingerprint density at radius 2 is 1.46 bits per heavy atom. The third kappa shape index (κ3) is 9.56. The topological polar surface area (TPSA) is 225 Å². The Morgan fingerprint density at radius 3 is 2.12 bits per heavy atom. The van der Waals surface area contributed by atoms with E-state index >= 15 is 0 Å². The van der Waals surface area contributed by atoms with Gasteiger partial charge in [-0.1, -0.05) is 68.4 Å². The van der Waals surface area contributed by atoms with Gasteiger partial charge in [-0.2, -0.15) is 13.2 Å². The van der Waals surface area contributed by atoms with Crippen molar-refractivity contribution < 1.29 is 51.7 Å². The number of aromatic amines is 2. The highest BCUT2D eigenvalue weighted by Crippen LogP contribution is 2.45. The number of hydrogen-bond donors (Lipinski definition) is 5. The second kappa shape index (κ2) is 19.2. The molecule has 354 valence electrons. The average molecular weight is 936 g/mol. The fourth-order valence-corrected chi connectivity index (χ4v) is 8.96. The molecule has 0 unspecified atom stereocenters. The number of carboxylic acid groups (broad SMARTS) is 1. The lowest BCUT2D eigenvalue weighted by Gasteiger charge is -2.30. The van der Waals surface area contributed by atoms with Gasteiger partial charge in [-0.05, 0) is 66.5 Å². The van der Waals surface area contributed by atoms with Gasteiger partial charge in [0.05, 0.1) is 67.0 Å². The summed E-state index contributed by atoms with van der Waals surface area (Å²) in [6.07, 6.45) is 0.617. The first-order valence-corrected chi connectivity index (χ1v) is 21.9. The number of pyridine rings is 1. The summed E-state index contributed by atoms with van der Waals surface area (Å²) in [5.74, 6) is -1.81. The van der Waals surface area contributed by atoms with E-state index in [0.717, 1.165) is 74.3 Å². The minimum absolute atomic E-state index is 0.114. The van der Waals surface area contributed by atoms with Gasteiger partial charge in [0.1, 0.15) is 23.7 Å². The molecule has 3 aromatic carbocycles. The van der Waals surface area contributed by atoms with Gasteiger partial charge in [-0.25, -0.2) is 29.3 Å². The number of H-pyrrole nitrogens is 2. The smallest absolute Gasteiger partial charge is 0.475 e. The number of alkyl halides is 3. The van der Waals surface area contributed by atoms with Gasteiger partial charge in [-0.3, -0.25) is 14.5 Å². The summed E-state index contributed by atoms with van der Waals surface area (Å²) in [6, 6.07) is 22.5. The van der Waals surface area contributed by atoms with Crippen LogP contribution in [0.1, 0.15) is 68.0 Å². The Bertz CT molecular complexity index is 2880. The molecule has 6 heterocycles. The van der Waals surface area contributed by atoms with E-state index in [0.29, 0.717) is 37.5 Å². The minimum Gasteiger partial charge on any atom is -0.475 e. The maximum Gasteiger partial charge on any atom is 0.490 e. The lowest BCUT2D eigenvalue weighted by Crippen LogP contribution is -2.51. The lowest BCUT2D eigenvalue weighted by atomic mass is 10.0. The highest BCUT2D eigenvalue weighted by molar-refractivity contribution is 6.02. The number of likely N-dealkylation sites (tertiary alicyclic amines) is 1. The van der Waals surface area contributed by atoms with E-state index in [-0.39, 0.29) is 29.8 Å². The summed E-state index contributed by atoms with van der Waals surface area (Å²) in [6.45, 7) is 4.38. The SMILES string of the molecule is COC(=O)N[C@H]1CCc2cccc3c2N(C1=O)[C@H](c1ncc(-c2ccc(-c4ccc5cc(-c6cnc([C@@H]7CCCN7C(=O)[C@@H](NC(=O)OC)C(C)C)[nH]6)ccc5n4)cc2)[nH]1)C3.O=C(O)C(F)(F)F. The highest BCUT2D eigenvalue weighted by atomic mass is 19.4. The molecule has 5 N–H and O–H groups in total. The molecule has 0 aliphatic carbocycles. The molecular weight excluding hydrogens is 888 g/mol. The van der Waals surface area contributed by atoms with Crippen LogP contribution in [-0.4, -0.2) is 104 Å². The zero-order chi connectivity index (χ0) is 48.4. The van der Waals surface area contributed by atoms with Crippen LogP contribution in [-0.2, 0) is 36.7 Å². The number of aliphatic carboxylic acids is 1. The number of methoxy groups -OCH3 is 2. The molecule has 0 radical (unpaired) electrons. The number of hydrogen-bond acceptors (Lipinski definition) is 10. The van der Waals surface area contributed by atoms with Crippen molar-refractivity contribution in [2.24, 2.45) is 5.92 Å². The van der Waals surface area contributed by atoms with Crippen molar-refractivity contribution in [2.45, 2.75) is 76.3 Å². The van der Waals surface area contributed by atoms with Crippen LogP contribution in [0.3, 0.4) is 0 Å². The Labute approximate surface area is 387 Å². The van der Waals surface area contributed by atoms with E-state index < -0.39 is 36.4 Å². The largest absolute Gasteiger partial charge is 0.490 e. The zero-order valence-corrected chi connectivity index (χ0v) is 37.4. The first-order valence-electron chi connectivity index (χ1n) is 21.9. The number of rotatable bonds is 9. The normalized spacial score (nSPS) is 18.1. The van der Waals surface area contributed by atoms with Crippen molar-refractivity contribution in [3.05, 3.63) is 108 Å². The predicted molar refractivity (Wildman–Crippen MR) is 242 cm³/mol. The number of carbonyl (C=O) groups excluding carboxylic acids is 4. The maximum atomic E-state index is 13.9. The first-order chi connectivity index (χ1) is 32.5. The number of halogens is 3. The van der Waals surface area contributed by atoms with Crippen LogP contribution >= 0.6 is 0 Å². The minimum atomic E-state index is -5.08. The number of nitrogens with one attached hydrogen (secondary N) is 4. The molecule has 1 fully saturated rings. The van der Waals surface area contributed by atoms with Crippen LogP contribution in [0.2, 0.25) is 0 Å². The van der Waals surface area contributed by atoms with Crippen LogP contribution < -0.4 is 15.5 Å². The Balaban J connectivity index is 0.000000830. The Hall–Kier alpha value is -7.77. The van der Waals surface area contributed by atoms with E-state index in [1.165, 1.54) is 14.2 Å². The van der Waals surface area contributed by atoms with Gasteiger partial charge in [-0.15, -0.1) is 0 Å². The number of aromatic nitrogens is 5. The molecule has 3 aromatic heterocycles. The van der Waals surface area contributed by atoms with Crippen LogP contribution in [0.4, 0.5) is 28.4 Å². The van der Waals surface area contributed by atoms with Crippen molar-refractivity contribution in [2.75, 3.05) is 25.7 Å². The third-order valence-electron chi connectivity index (χ3n) is 12.4. The quantitative estimate of drug-likeness (QED) is 0.0946. The molecule has 20 heteroatoms. The molecule has 68 heavy (non-hydrogen) atoms. The monoisotopic (exact) mass is 935 g/mol. The number of carboxylic acids is 1. The number of alkyl carbamates (subject to hydrolysis) is 2. The average Bonchev–Trinajstić information content (AvgIpc) is 4.17. The first kappa shape index (κ1) is 46.7. The molecule has 9 rings (SSSR count). The van der Waals surface area contributed by atoms with Crippen molar-refractivity contribution in [3.8, 4) is 33.8 Å². The predicted octanol–water partition coefficient (Wildman–Crippen LogP) is 7.66. The number of amides is 4. The van der Waals surface area contributed by atoms with Gasteiger partial charge in [0.2, 0.25) is 11.8 Å². The van der Waals surface area contributed by atoms with Crippen molar-refractivity contribution in [3.63, 3.8) is 0 Å². The summed E-state index contributed by atoms with van der Waals surface area (Å²) in [5.41, 5.74) is 9.28. The molecule has 17 nitrogen and oxygen atoms in total. The molecule has 0 saturated carbocycles. The van der Waals surface area contributed by atoms with E-state index in [1.807, 2.05) is 68.4 Å². The third-order valence-corrected chi connectivity index (χ3v) is 12.4. The van der Waals surface area contributed by atoms with Crippen LogP contribution in [0.5, 0.6) is 0 Å². The second-order valence-electron chi connectivity index (χ2n) is 17.0. The molecule has 4 amide bonds. The molecule has 1 saturated heterocycles. The van der Waals surface area contributed by atoms with Gasteiger partial charge >= 0.3 is 24.3 Å². The number of nitrogens with zero attached hydrogens (tertiary/aromatic N) is 5. The standard InChI is InChI=1S/C46H47N9O6.C2HF3O2/c1-25(2)39(53-46(59)61-4)44(57)54-20-6-9-37(54)41-47-24-36(51-41)30-16-18-33-29(21-30)15-17-32(49-33)26-10-12-27(13-11-26)35-23-48-42(50-35)38-22-31-8-5-7-28-14-19-34(52-45(58)60-3)43(56)55(38)40(28)31;3-2(4,5)1(6)7/h5,7-8,10-13,15-18,21,23-25,34,37-39H,6,9,14,19-20,22H2,1-4H3,(H,47,51)(H,48,50)(H,52,58)(H,53,59);(H,6,7)/t34-,37-,38-,39-;/m0./s1. The number of benzene rings is 3. The molecule has 6 aromatic rings. The molecule has 0 bridgehead atoms. The summed E-state index contributed by atoms with van der Waals surface area (Å²) >= 11 is 0. The van der Waals surface area contributed by atoms with Gasteiger partial charge in [0.25, 0.3) is 0 Å². The summed E-state index contributed by atoms with van der Waals surface area (Å²) in [7, 11) is 2.58. The number of carbonyl (C=O) groups is 5.